The number of rotatable bonds is 6. The predicted octanol–water partition coefficient (Wildman–Crippen LogP) is 7.89. The maximum Gasteiger partial charge on any atom is 0.282 e. The van der Waals surface area contributed by atoms with Crippen molar-refractivity contribution in [2.45, 2.75) is 32.8 Å². The second-order valence-electron chi connectivity index (χ2n) is 9.27. The van der Waals surface area contributed by atoms with Crippen LogP contribution in [0, 0.1) is 0 Å². The highest BCUT2D eigenvalue weighted by Crippen LogP contribution is 2.35. The van der Waals surface area contributed by atoms with Gasteiger partial charge in [-0.2, -0.15) is 9.78 Å². The van der Waals surface area contributed by atoms with Crippen LogP contribution in [0.4, 0.5) is 0 Å². The van der Waals surface area contributed by atoms with Gasteiger partial charge >= 0.3 is 0 Å². The summed E-state index contributed by atoms with van der Waals surface area (Å²) in [4.78, 5) is 18.2. The second-order valence-corrected chi connectivity index (χ2v) is 11.4. The van der Waals surface area contributed by atoms with Crippen LogP contribution in [0.5, 0.6) is 11.5 Å². The second kappa shape index (κ2) is 11.0. The van der Waals surface area contributed by atoms with E-state index in [0.717, 1.165) is 10.0 Å². The van der Waals surface area contributed by atoms with Crippen molar-refractivity contribution in [3.05, 3.63) is 95.4 Å². The Hall–Kier alpha value is -2.58. The molecule has 1 heterocycles. The Balaban J connectivity index is 1.81. The fourth-order valence-electron chi connectivity index (χ4n) is 3.64. The van der Waals surface area contributed by atoms with E-state index in [2.05, 4.69) is 21.0 Å². The molecule has 0 unspecified atom stereocenters. The third-order valence-corrected chi connectivity index (χ3v) is 6.88. The van der Waals surface area contributed by atoms with E-state index in [4.69, 9.17) is 49.3 Å². The lowest BCUT2D eigenvalue weighted by atomic mass is 9.95. The Kier molecular flexibility index (Phi) is 8.19. The summed E-state index contributed by atoms with van der Waals surface area (Å²) in [6.45, 7) is 6.10. The topological polar surface area (TPSA) is 65.7 Å². The minimum Gasteiger partial charge on any atom is -0.493 e. The summed E-state index contributed by atoms with van der Waals surface area (Å²) in [6.07, 6.45) is 1.51. The van der Waals surface area contributed by atoms with Crippen molar-refractivity contribution in [2.24, 2.45) is 5.10 Å². The summed E-state index contributed by atoms with van der Waals surface area (Å²) in [6, 6.07) is 14.0. The van der Waals surface area contributed by atoms with E-state index >= 15 is 0 Å². The van der Waals surface area contributed by atoms with Crippen LogP contribution >= 0.6 is 50.7 Å². The zero-order valence-electron chi connectivity index (χ0n) is 20.5. The lowest BCUT2D eigenvalue weighted by molar-refractivity contribution is 0.284. The summed E-state index contributed by atoms with van der Waals surface area (Å²) in [5.74, 6) is 1.33. The number of aromatic nitrogens is 2. The normalized spacial score (nSPS) is 11.9. The van der Waals surface area contributed by atoms with E-state index in [1.807, 2.05) is 32.9 Å². The number of halogens is 4. The van der Waals surface area contributed by atoms with Gasteiger partial charge in [-0.05, 0) is 42.0 Å². The molecular weight excluding hydrogens is 601 g/mol. The molecule has 10 heteroatoms. The largest absolute Gasteiger partial charge is 0.493 e. The average molecular weight is 624 g/mol. The zero-order chi connectivity index (χ0) is 26.9. The van der Waals surface area contributed by atoms with Crippen LogP contribution in [0.1, 0.15) is 37.7 Å². The van der Waals surface area contributed by atoms with E-state index < -0.39 is 5.41 Å². The van der Waals surface area contributed by atoms with Gasteiger partial charge in [-0.25, -0.2) is 4.98 Å². The van der Waals surface area contributed by atoms with Crippen LogP contribution in [0.15, 0.2) is 62.9 Å². The molecule has 0 N–H and O–H groups in total. The van der Waals surface area contributed by atoms with Crippen LogP contribution in [-0.4, -0.2) is 23.0 Å². The van der Waals surface area contributed by atoms with Crippen molar-refractivity contribution in [1.29, 1.82) is 0 Å². The molecule has 3 aromatic carbocycles. The summed E-state index contributed by atoms with van der Waals surface area (Å²) in [5, 5.41) is 6.30. The minimum absolute atomic E-state index is 0.189. The van der Waals surface area contributed by atoms with E-state index in [-0.39, 0.29) is 12.2 Å². The summed E-state index contributed by atoms with van der Waals surface area (Å²) >= 11 is 22.0. The summed E-state index contributed by atoms with van der Waals surface area (Å²) in [5.41, 5.74) is 1.17. The fraction of sp³-hybridized carbons (Fsp3) is 0.222. The standard InChI is InChI=1S/C27H23BrCl3N3O3/c1-27(2,3)26-33-22-8-6-17(28)11-19(22)25(35)34(26)32-13-16-10-18(29)12-23(36-4)24(16)37-14-15-5-7-20(30)21(31)9-15/h5-13H,14H2,1-4H3. The maximum atomic E-state index is 13.5. The quantitative estimate of drug-likeness (QED) is 0.205. The molecule has 1 aromatic heterocycles. The van der Waals surface area contributed by atoms with Crippen molar-refractivity contribution >= 4 is 67.9 Å². The number of hydrogen-bond donors (Lipinski definition) is 0. The van der Waals surface area contributed by atoms with Crippen molar-refractivity contribution in [3.8, 4) is 11.5 Å². The predicted molar refractivity (Wildman–Crippen MR) is 154 cm³/mol. The number of benzene rings is 3. The molecule has 192 valence electrons. The van der Waals surface area contributed by atoms with Gasteiger partial charge in [-0.15, -0.1) is 0 Å². The van der Waals surface area contributed by atoms with Gasteiger partial charge in [-0.1, -0.05) is 77.6 Å². The van der Waals surface area contributed by atoms with Crippen LogP contribution in [-0.2, 0) is 12.0 Å². The maximum absolute atomic E-state index is 13.5. The molecule has 0 radical (unpaired) electrons. The number of hydrogen-bond acceptors (Lipinski definition) is 5. The van der Waals surface area contributed by atoms with Gasteiger partial charge in [0.1, 0.15) is 12.4 Å². The van der Waals surface area contributed by atoms with Gasteiger partial charge in [0.25, 0.3) is 5.56 Å². The van der Waals surface area contributed by atoms with Gasteiger partial charge < -0.3 is 9.47 Å². The SMILES string of the molecule is COc1cc(Cl)cc(C=Nn2c(C(C)(C)C)nc3ccc(Br)cc3c2=O)c1OCc1ccc(Cl)c(Cl)c1. The van der Waals surface area contributed by atoms with E-state index in [0.29, 0.717) is 48.9 Å². The first-order valence-corrected chi connectivity index (χ1v) is 13.1. The van der Waals surface area contributed by atoms with Crippen molar-refractivity contribution in [1.82, 2.24) is 9.66 Å². The Morgan fingerprint density at radius 2 is 1.81 bits per heavy atom. The van der Waals surface area contributed by atoms with Gasteiger partial charge in [0.15, 0.2) is 11.5 Å². The van der Waals surface area contributed by atoms with Crippen molar-refractivity contribution in [2.75, 3.05) is 7.11 Å². The van der Waals surface area contributed by atoms with Gasteiger partial charge in [0, 0.05) is 26.5 Å². The van der Waals surface area contributed by atoms with E-state index in [9.17, 15) is 4.79 Å². The monoisotopic (exact) mass is 621 g/mol. The average Bonchev–Trinajstić information content (AvgIpc) is 2.84. The van der Waals surface area contributed by atoms with Crippen LogP contribution in [0.25, 0.3) is 10.9 Å². The number of methoxy groups -OCH3 is 1. The Bertz CT molecular complexity index is 1580. The van der Waals surface area contributed by atoms with Gasteiger partial charge in [0.2, 0.25) is 0 Å². The summed E-state index contributed by atoms with van der Waals surface area (Å²) in [7, 11) is 1.52. The zero-order valence-corrected chi connectivity index (χ0v) is 24.3. The van der Waals surface area contributed by atoms with E-state index in [1.54, 1.807) is 36.4 Å². The van der Waals surface area contributed by atoms with Crippen molar-refractivity contribution in [3.63, 3.8) is 0 Å². The minimum atomic E-state index is -0.461. The Labute approximate surface area is 237 Å². The molecule has 0 aliphatic carbocycles. The third kappa shape index (κ3) is 6.12. The smallest absolute Gasteiger partial charge is 0.282 e. The molecule has 37 heavy (non-hydrogen) atoms. The Morgan fingerprint density at radius 3 is 2.49 bits per heavy atom. The lowest BCUT2D eigenvalue weighted by Gasteiger charge is -2.21. The third-order valence-electron chi connectivity index (χ3n) is 5.43. The Morgan fingerprint density at radius 1 is 1.05 bits per heavy atom. The highest BCUT2D eigenvalue weighted by molar-refractivity contribution is 9.10. The molecule has 0 fully saturated rings. The van der Waals surface area contributed by atoms with Gasteiger partial charge in [0.05, 0.1) is 34.3 Å². The first kappa shape index (κ1) is 27.5. The number of fused-ring (bicyclic) bond motifs is 1. The molecule has 0 spiro atoms. The molecule has 0 atom stereocenters. The number of nitrogens with zero attached hydrogens (tertiary/aromatic N) is 3. The molecule has 0 aliphatic heterocycles. The summed E-state index contributed by atoms with van der Waals surface area (Å²) < 4.78 is 13.7. The van der Waals surface area contributed by atoms with Gasteiger partial charge in [-0.3, -0.25) is 4.79 Å². The first-order valence-electron chi connectivity index (χ1n) is 11.2. The van der Waals surface area contributed by atoms with Crippen LogP contribution < -0.4 is 15.0 Å². The van der Waals surface area contributed by atoms with Crippen LogP contribution in [0.3, 0.4) is 0 Å². The molecule has 0 saturated carbocycles. The number of ether oxygens (including phenoxy) is 2. The molecule has 4 rings (SSSR count). The molecule has 6 nitrogen and oxygen atoms in total. The highest BCUT2D eigenvalue weighted by atomic mass is 79.9. The van der Waals surface area contributed by atoms with Crippen molar-refractivity contribution < 1.29 is 9.47 Å². The molecule has 0 aliphatic rings. The molecule has 0 bridgehead atoms. The van der Waals surface area contributed by atoms with E-state index in [1.165, 1.54) is 18.0 Å². The lowest BCUT2D eigenvalue weighted by Crippen LogP contribution is -2.29. The molecular formula is C27H23BrCl3N3O3. The molecule has 0 amide bonds. The molecule has 4 aromatic rings. The first-order chi connectivity index (χ1) is 17.5. The van der Waals surface area contributed by atoms with Crippen LogP contribution in [0.2, 0.25) is 15.1 Å². The highest BCUT2D eigenvalue weighted by Gasteiger charge is 2.23. The fourth-order valence-corrected chi connectivity index (χ4v) is 4.54. The molecule has 0 saturated heterocycles.